The lowest BCUT2D eigenvalue weighted by Gasteiger charge is -2.24. The number of pyridine rings is 1. The number of aromatic carboxylic acids is 1. The number of hydrogen-bond acceptors (Lipinski definition) is 13. The van der Waals surface area contributed by atoms with Crippen LogP contribution in [0.15, 0.2) is 77.4 Å². The Morgan fingerprint density at radius 1 is 0.852 bits per heavy atom. The maximum absolute atomic E-state index is 14.4. The van der Waals surface area contributed by atoms with Gasteiger partial charge in [0.25, 0.3) is 0 Å². The Kier molecular flexibility index (Phi) is 16.1. The highest BCUT2D eigenvalue weighted by Crippen LogP contribution is 2.42. The molecule has 0 amide bonds. The second kappa shape index (κ2) is 20.7. The number of nitrogens with zero attached hydrogens (tertiary/aromatic N) is 2. The van der Waals surface area contributed by atoms with Crippen LogP contribution in [-0.2, 0) is 23.9 Å². The summed E-state index contributed by atoms with van der Waals surface area (Å²) in [7, 11) is 2.93. The smallest absolute Gasteiger partial charge is 0.373 e. The molecule has 0 radical (unpaired) electrons. The van der Waals surface area contributed by atoms with Crippen LogP contribution in [0.3, 0.4) is 0 Å². The Bertz CT molecular complexity index is 2640. The van der Waals surface area contributed by atoms with Gasteiger partial charge in [-0.1, -0.05) is 12.1 Å². The number of phenolic OH excluding ortho intramolecular Hbond substituents is 1. The summed E-state index contributed by atoms with van der Waals surface area (Å²) in [6, 6.07) is 11.4. The lowest BCUT2D eigenvalue weighted by Crippen LogP contribution is -2.22. The third-order valence-corrected chi connectivity index (χ3v) is 7.72. The van der Waals surface area contributed by atoms with Crippen molar-refractivity contribution in [3.05, 3.63) is 134 Å². The van der Waals surface area contributed by atoms with Gasteiger partial charge >= 0.3 is 24.1 Å². The maximum Gasteiger partial charge on any atom is 0.373 e. The van der Waals surface area contributed by atoms with Gasteiger partial charge in [-0.05, 0) is 56.3 Å². The number of carboxylic acids is 1. The van der Waals surface area contributed by atoms with E-state index in [1.54, 1.807) is 31.2 Å². The number of rotatable bonds is 8. The molecule has 0 saturated carbocycles. The number of hydrogen-bond donors (Lipinski definition) is 3. The number of para-hydroxylation sites is 2. The van der Waals surface area contributed by atoms with Crippen LogP contribution in [0.2, 0.25) is 0 Å². The Morgan fingerprint density at radius 2 is 1.46 bits per heavy atom. The minimum atomic E-state index is -2.13. The van der Waals surface area contributed by atoms with Gasteiger partial charge in [0.1, 0.15) is 22.4 Å². The largest absolute Gasteiger partial charge is 0.506 e. The SMILES string of the molecule is CCOC(=O)/C(=C\N(C)C)C(=O)c1cc(F)c(F)c(F)c1F.CCOC(=O)c1cn2c3c(c(F)c(F)cc3c1=O)Oc1cc(C(=O)O)ccc1-2.Nc1ccccc1O.O=C=O. The van der Waals surface area contributed by atoms with Gasteiger partial charge in [-0.15, -0.1) is 0 Å². The number of phenols is 1. The van der Waals surface area contributed by atoms with E-state index in [-0.39, 0.29) is 64.6 Å². The lowest BCUT2D eigenvalue weighted by atomic mass is 10.0. The van der Waals surface area contributed by atoms with Crippen LogP contribution in [0.1, 0.15) is 44.9 Å². The molecule has 4 N–H and O–H groups in total. The van der Waals surface area contributed by atoms with Gasteiger partial charge in [-0.2, -0.15) is 14.0 Å². The molecule has 61 heavy (non-hydrogen) atoms. The number of carbonyl (C=O) groups is 4. The van der Waals surface area contributed by atoms with Crippen LogP contribution in [0.5, 0.6) is 17.2 Å². The molecule has 0 bridgehead atoms. The van der Waals surface area contributed by atoms with E-state index in [9.17, 15) is 50.3 Å². The molecule has 21 heteroatoms. The second-order valence-corrected chi connectivity index (χ2v) is 12.0. The molecule has 1 aliphatic heterocycles. The van der Waals surface area contributed by atoms with Crippen molar-refractivity contribution in [3.8, 4) is 22.9 Å². The van der Waals surface area contributed by atoms with Crippen molar-refractivity contribution in [3.63, 3.8) is 0 Å². The van der Waals surface area contributed by atoms with Crippen molar-refractivity contribution < 1.29 is 79.5 Å². The zero-order valence-electron chi connectivity index (χ0n) is 32.0. The number of halogens is 6. The first-order chi connectivity index (χ1) is 28.7. The first kappa shape index (κ1) is 47.4. The molecular formula is C40H31F6N3O12. The van der Waals surface area contributed by atoms with E-state index in [1.165, 1.54) is 42.6 Å². The van der Waals surface area contributed by atoms with E-state index in [2.05, 4.69) is 4.74 Å². The normalized spacial score (nSPS) is 10.8. The molecule has 6 rings (SSSR count). The average Bonchev–Trinajstić information content (AvgIpc) is 3.21. The second-order valence-electron chi connectivity index (χ2n) is 12.0. The molecule has 2 heterocycles. The molecule has 1 aromatic heterocycles. The molecule has 4 aromatic carbocycles. The fourth-order valence-corrected chi connectivity index (χ4v) is 5.12. The Balaban J connectivity index is 0.000000266. The highest BCUT2D eigenvalue weighted by atomic mass is 19.2. The number of ketones is 1. The summed E-state index contributed by atoms with van der Waals surface area (Å²) in [6.45, 7) is 2.99. The third-order valence-electron chi connectivity index (χ3n) is 7.72. The first-order valence-corrected chi connectivity index (χ1v) is 17.0. The lowest BCUT2D eigenvalue weighted by molar-refractivity contribution is -0.191. The number of nitrogen functional groups attached to an aromatic ring is 1. The van der Waals surface area contributed by atoms with Crippen molar-refractivity contribution in [2.24, 2.45) is 0 Å². The Morgan fingerprint density at radius 3 is 2.00 bits per heavy atom. The number of anilines is 1. The summed E-state index contributed by atoms with van der Waals surface area (Å²) in [5, 5.41) is 17.7. The molecule has 0 unspecified atom stereocenters. The zero-order valence-corrected chi connectivity index (χ0v) is 32.0. The molecule has 320 valence electrons. The standard InChI is InChI=1S/C19H11F2NO6.C14H13F4NO3.C6H7NO.CO2/c1-2-27-19(26)10-7-22-12-4-3-8(18(24)25)5-13(12)28-17-14(21)11(20)6-9(15(17)22)16(10)23;1-4-22-14(21)8(6-19(2)3)13(20)7-5-9(15)11(17)12(18)10(7)16;7-5-3-1-2-4-6(5)8;2-1-3/h3-7H,2H2,1H3,(H,24,25);5-6H,4H2,1-3H3;1-4,8H,7H2;/b;8-6-;;. The predicted molar refractivity (Wildman–Crippen MR) is 199 cm³/mol. The molecule has 0 spiro atoms. The number of carbonyl (C=O) groups excluding carboxylic acids is 5. The Labute approximate surface area is 339 Å². The van der Waals surface area contributed by atoms with Crippen LogP contribution >= 0.6 is 0 Å². The number of nitrogens with two attached hydrogens (primary N) is 1. The number of esters is 2. The summed E-state index contributed by atoms with van der Waals surface area (Å²) < 4.78 is 97.6. The van der Waals surface area contributed by atoms with Crippen molar-refractivity contribution >= 4 is 46.4 Å². The molecular weight excluding hydrogens is 828 g/mol. The van der Waals surface area contributed by atoms with Crippen LogP contribution in [0.4, 0.5) is 32.0 Å². The van der Waals surface area contributed by atoms with Gasteiger partial charge in [0.15, 0.2) is 40.6 Å². The number of Topliss-reactive ketones (excluding diaryl/α,β-unsaturated/α-hetero) is 1. The topological polar surface area (TPSA) is 222 Å². The highest BCUT2D eigenvalue weighted by Gasteiger charge is 2.31. The molecule has 0 atom stereocenters. The maximum atomic E-state index is 14.4. The number of aromatic nitrogens is 1. The van der Waals surface area contributed by atoms with Gasteiger partial charge in [-0.3, -0.25) is 9.59 Å². The number of fused-ring (bicyclic) bond motifs is 2. The van der Waals surface area contributed by atoms with Crippen LogP contribution in [0.25, 0.3) is 16.6 Å². The fourth-order valence-electron chi connectivity index (χ4n) is 5.12. The number of carboxylic acid groups (broad SMARTS) is 1. The van der Waals surface area contributed by atoms with Gasteiger partial charge < -0.3 is 39.6 Å². The summed E-state index contributed by atoms with van der Waals surface area (Å²) in [6.07, 6.45) is 2.41. The van der Waals surface area contributed by atoms with Crippen LogP contribution < -0.4 is 15.9 Å². The summed E-state index contributed by atoms with van der Waals surface area (Å²) in [5.74, 6) is -15.5. The van der Waals surface area contributed by atoms with Crippen molar-refractivity contribution in [1.82, 2.24) is 9.47 Å². The number of aromatic hydroxyl groups is 1. The molecule has 0 fully saturated rings. The monoisotopic (exact) mass is 859 g/mol. The first-order valence-electron chi connectivity index (χ1n) is 17.0. The summed E-state index contributed by atoms with van der Waals surface area (Å²) >= 11 is 0. The van der Waals surface area contributed by atoms with E-state index in [0.29, 0.717) is 11.8 Å². The molecule has 1 aliphatic rings. The summed E-state index contributed by atoms with van der Waals surface area (Å²) in [5.41, 5.74) is 2.78. The third kappa shape index (κ3) is 10.8. The van der Waals surface area contributed by atoms with Crippen LogP contribution in [0, 0.1) is 34.9 Å². The fraction of sp³-hybridized carbons (Fsp3) is 0.150. The van der Waals surface area contributed by atoms with Crippen molar-refractivity contribution in [2.45, 2.75) is 13.8 Å². The highest BCUT2D eigenvalue weighted by molar-refractivity contribution is 6.24. The predicted octanol–water partition coefficient (Wildman–Crippen LogP) is 6.07. The minimum absolute atomic E-state index is 0.0149. The minimum Gasteiger partial charge on any atom is -0.506 e. The van der Waals surface area contributed by atoms with Gasteiger partial charge in [0.2, 0.25) is 17.0 Å². The number of ether oxygens (including phenoxy) is 3. The molecule has 0 saturated heterocycles. The van der Waals surface area contributed by atoms with E-state index in [4.69, 9.17) is 35.0 Å². The summed E-state index contributed by atoms with van der Waals surface area (Å²) in [4.78, 5) is 77.5. The van der Waals surface area contributed by atoms with Gasteiger partial charge in [0.05, 0.1) is 41.1 Å². The quantitative estimate of drug-likeness (QED) is 0.0151. The van der Waals surface area contributed by atoms with E-state index in [0.717, 1.165) is 18.5 Å². The molecule has 0 aliphatic carbocycles. The van der Waals surface area contributed by atoms with E-state index >= 15 is 0 Å². The zero-order chi connectivity index (χ0) is 45.9. The molecule has 15 nitrogen and oxygen atoms in total. The van der Waals surface area contributed by atoms with Crippen LogP contribution in [-0.4, -0.2) is 76.8 Å². The van der Waals surface area contributed by atoms with E-state index < -0.39 is 80.9 Å². The molecule has 5 aromatic rings. The van der Waals surface area contributed by atoms with Gasteiger partial charge in [0, 0.05) is 26.5 Å². The average molecular weight is 860 g/mol. The van der Waals surface area contributed by atoms with Crippen molar-refractivity contribution in [1.29, 1.82) is 0 Å². The Hall–Kier alpha value is -7.93. The van der Waals surface area contributed by atoms with E-state index in [1.807, 2.05) is 0 Å². The number of benzene rings is 4. The van der Waals surface area contributed by atoms with Gasteiger partial charge in [-0.25, -0.2) is 36.3 Å². The van der Waals surface area contributed by atoms with Crippen molar-refractivity contribution in [2.75, 3.05) is 33.0 Å².